The van der Waals surface area contributed by atoms with E-state index < -0.39 is 5.97 Å². The van der Waals surface area contributed by atoms with E-state index in [1.54, 1.807) is 0 Å². The number of carboxylic acids is 1. The summed E-state index contributed by atoms with van der Waals surface area (Å²) in [7, 11) is 0. The van der Waals surface area contributed by atoms with Crippen LogP contribution in [0.3, 0.4) is 0 Å². The molecule has 1 rings (SSSR count). The zero-order valence-corrected chi connectivity index (χ0v) is 16.6. The largest absolute Gasteiger partial charge is 0.481 e. The van der Waals surface area contributed by atoms with Crippen molar-refractivity contribution in [2.75, 3.05) is 0 Å². The van der Waals surface area contributed by atoms with Gasteiger partial charge in [-0.3, -0.25) is 9.59 Å². The maximum absolute atomic E-state index is 12.6. The van der Waals surface area contributed by atoms with Gasteiger partial charge in [0.25, 0.3) is 0 Å². The van der Waals surface area contributed by atoms with Crippen molar-refractivity contribution < 1.29 is 19.4 Å². The molecule has 0 radical (unpaired) electrons. The summed E-state index contributed by atoms with van der Waals surface area (Å²) in [6.07, 6.45) is 9.25. The second kappa shape index (κ2) is 11.5. The molecular formula is C21H38O4. The number of hydrogen-bond acceptors (Lipinski definition) is 3. The Morgan fingerprint density at radius 3 is 2.36 bits per heavy atom. The summed E-state index contributed by atoms with van der Waals surface area (Å²) in [4.78, 5) is 23.8. The number of unbranched alkanes of at least 4 members (excludes halogenated alkanes) is 1. The molecule has 0 amide bonds. The van der Waals surface area contributed by atoms with Gasteiger partial charge in [-0.05, 0) is 43.9 Å². The number of carboxylic acid groups (broad SMARTS) is 1. The van der Waals surface area contributed by atoms with Gasteiger partial charge in [0, 0.05) is 0 Å². The van der Waals surface area contributed by atoms with E-state index in [2.05, 4.69) is 27.7 Å². The van der Waals surface area contributed by atoms with E-state index in [0.29, 0.717) is 24.7 Å². The second-order valence-corrected chi connectivity index (χ2v) is 8.24. The zero-order chi connectivity index (χ0) is 18.8. The highest BCUT2D eigenvalue weighted by atomic mass is 16.5. The molecule has 0 aromatic rings. The van der Waals surface area contributed by atoms with E-state index in [1.165, 1.54) is 19.3 Å². The number of rotatable bonds is 11. The van der Waals surface area contributed by atoms with Gasteiger partial charge in [-0.25, -0.2) is 0 Å². The van der Waals surface area contributed by atoms with Crippen LogP contribution in [0.25, 0.3) is 0 Å². The molecule has 4 heteroatoms. The topological polar surface area (TPSA) is 63.6 Å². The van der Waals surface area contributed by atoms with Crippen LogP contribution in [0.15, 0.2) is 0 Å². The Morgan fingerprint density at radius 2 is 1.80 bits per heavy atom. The molecule has 0 saturated heterocycles. The van der Waals surface area contributed by atoms with E-state index in [1.807, 2.05) is 0 Å². The first-order chi connectivity index (χ1) is 11.9. The molecule has 0 aliphatic heterocycles. The SMILES string of the molecule is CCCCC(CC)CC(CC(C)C)OC(=O)C1CCCC(C(=O)O)C1. The summed E-state index contributed by atoms with van der Waals surface area (Å²) < 4.78 is 5.91. The first-order valence-corrected chi connectivity index (χ1v) is 10.3. The maximum Gasteiger partial charge on any atom is 0.309 e. The van der Waals surface area contributed by atoms with Crippen molar-refractivity contribution in [1.29, 1.82) is 0 Å². The minimum absolute atomic E-state index is 0.0282. The van der Waals surface area contributed by atoms with Crippen molar-refractivity contribution in [3.8, 4) is 0 Å². The highest BCUT2D eigenvalue weighted by molar-refractivity contribution is 5.75. The van der Waals surface area contributed by atoms with Crippen LogP contribution in [0.5, 0.6) is 0 Å². The van der Waals surface area contributed by atoms with Crippen molar-refractivity contribution >= 4 is 11.9 Å². The Kier molecular flexibility index (Phi) is 10.1. The van der Waals surface area contributed by atoms with Gasteiger partial charge in [-0.15, -0.1) is 0 Å². The highest BCUT2D eigenvalue weighted by Gasteiger charge is 2.33. The first kappa shape index (κ1) is 22.0. The fourth-order valence-corrected chi connectivity index (χ4v) is 3.96. The fraction of sp³-hybridized carbons (Fsp3) is 0.905. The average molecular weight is 355 g/mol. The lowest BCUT2D eigenvalue weighted by atomic mass is 9.81. The molecule has 0 heterocycles. The number of aliphatic carboxylic acids is 1. The van der Waals surface area contributed by atoms with Crippen molar-refractivity contribution in [2.45, 2.75) is 98.0 Å². The molecule has 1 aliphatic carbocycles. The van der Waals surface area contributed by atoms with Crippen molar-refractivity contribution in [3.63, 3.8) is 0 Å². The highest BCUT2D eigenvalue weighted by Crippen LogP contribution is 2.31. The monoisotopic (exact) mass is 354 g/mol. The Labute approximate surface area is 153 Å². The normalized spacial score (nSPS) is 23.2. The van der Waals surface area contributed by atoms with Crippen LogP contribution in [-0.4, -0.2) is 23.1 Å². The molecule has 0 aromatic carbocycles. The Bertz CT molecular complexity index is 405. The summed E-state index contributed by atoms with van der Waals surface area (Å²) in [5.41, 5.74) is 0. The minimum Gasteiger partial charge on any atom is -0.481 e. The Morgan fingerprint density at radius 1 is 1.12 bits per heavy atom. The van der Waals surface area contributed by atoms with Crippen molar-refractivity contribution in [1.82, 2.24) is 0 Å². The van der Waals surface area contributed by atoms with Crippen LogP contribution in [0, 0.1) is 23.7 Å². The summed E-state index contributed by atoms with van der Waals surface area (Å²) >= 11 is 0. The fourth-order valence-electron chi connectivity index (χ4n) is 3.96. The summed E-state index contributed by atoms with van der Waals surface area (Å²) in [6.45, 7) is 8.75. The number of ether oxygens (including phenoxy) is 1. The van der Waals surface area contributed by atoms with E-state index >= 15 is 0 Å². The lowest BCUT2D eigenvalue weighted by Gasteiger charge is -2.29. The molecule has 4 atom stereocenters. The lowest BCUT2D eigenvalue weighted by Crippen LogP contribution is -2.32. The van der Waals surface area contributed by atoms with Crippen LogP contribution in [-0.2, 0) is 14.3 Å². The average Bonchev–Trinajstić information content (AvgIpc) is 2.57. The van der Waals surface area contributed by atoms with Gasteiger partial charge in [0.2, 0.25) is 0 Å². The number of esters is 1. The molecule has 4 nitrogen and oxygen atoms in total. The second-order valence-electron chi connectivity index (χ2n) is 8.24. The predicted octanol–water partition coefficient (Wildman–Crippen LogP) is 5.44. The van der Waals surface area contributed by atoms with Crippen LogP contribution >= 0.6 is 0 Å². The molecule has 4 unspecified atom stereocenters. The number of carbonyl (C=O) groups excluding carboxylic acids is 1. The predicted molar refractivity (Wildman–Crippen MR) is 100 cm³/mol. The standard InChI is InChI=1S/C21H38O4/c1-5-7-9-16(6-2)13-19(12-15(3)4)25-21(24)18-11-8-10-17(14-18)20(22)23/h15-19H,5-14H2,1-4H3,(H,22,23). The molecule has 1 saturated carbocycles. The number of carbonyl (C=O) groups is 2. The molecule has 1 N–H and O–H groups in total. The van der Waals surface area contributed by atoms with Gasteiger partial charge in [0.05, 0.1) is 11.8 Å². The molecule has 1 fully saturated rings. The smallest absolute Gasteiger partial charge is 0.309 e. The maximum atomic E-state index is 12.6. The lowest BCUT2D eigenvalue weighted by molar-refractivity contribution is -0.158. The van der Waals surface area contributed by atoms with Gasteiger partial charge < -0.3 is 9.84 Å². The van der Waals surface area contributed by atoms with E-state index in [9.17, 15) is 14.7 Å². The van der Waals surface area contributed by atoms with Gasteiger partial charge in [0.15, 0.2) is 0 Å². The summed E-state index contributed by atoms with van der Waals surface area (Å²) in [5, 5.41) is 9.22. The molecule has 1 aliphatic rings. The Hall–Kier alpha value is -1.06. The van der Waals surface area contributed by atoms with Gasteiger partial charge in [0.1, 0.15) is 6.10 Å². The zero-order valence-electron chi connectivity index (χ0n) is 16.6. The quantitative estimate of drug-likeness (QED) is 0.502. The van der Waals surface area contributed by atoms with Crippen LogP contribution in [0.4, 0.5) is 0 Å². The van der Waals surface area contributed by atoms with E-state index in [4.69, 9.17) is 4.74 Å². The Balaban J connectivity index is 2.63. The van der Waals surface area contributed by atoms with Gasteiger partial charge in [-0.1, -0.05) is 59.8 Å². The van der Waals surface area contributed by atoms with Gasteiger partial charge in [-0.2, -0.15) is 0 Å². The third kappa shape index (κ3) is 8.24. The molecule has 0 spiro atoms. The summed E-state index contributed by atoms with van der Waals surface area (Å²) in [5.74, 6) is -0.471. The minimum atomic E-state index is -0.776. The van der Waals surface area contributed by atoms with Crippen molar-refractivity contribution in [3.05, 3.63) is 0 Å². The van der Waals surface area contributed by atoms with Gasteiger partial charge >= 0.3 is 11.9 Å². The molecular weight excluding hydrogens is 316 g/mol. The third-order valence-electron chi connectivity index (χ3n) is 5.51. The van der Waals surface area contributed by atoms with E-state index in [-0.39, 0.29) is 23.9 Å². The van der Waals surface area contributed by atoms with Crippen LogP contribution < -0.4 is 0 Å². The molecule has 0 aromatic heterocycles. The first-order valence-electron chi connectivity index (χ1n) is 10.3. The summed E-state index contributed by atoms with van der Waals surface area (Å²) in [6, 6.07) is 0. The molecule has 0 bridgehead atoms. The van der Waals surface area contributed by atoms with Crippen LogP contribution in [0.1, 0.15) is 91.9 Å². The third-order valence-corrected chi connectivity index (χ3v) is 5.51. The van der Waals surface area contributed by atoms with Crippen molar-refractivity contribution in [2.24, 2.45) is 23.7 Å². The van der Waals surface area contributed by atoms with Crippen LogP contribution in [0.2, 0.25) is 0 Å². The molecule has 25 heavy (non-hydrogen) atoms. The molecule has 146 valence electrons. The number of hydrogen-bond donors (Lipinski definition) is 1. The van der Waals surface area contributed by atoms with E-state index in [0.717, 1.165) is 32.1 Å².